The highest BCUT2D eigenvalue weighted by Gasteiger charge is 2.21. The Morgan fingerprint density at radius 2 is 1.96 bits per heavy atom. The van der Waals surface area contributed by atoms with Crippen LogP contribution in [0.5, 0.6) is 0 Å². The van der Waals surface area contributed by atoms with Gasteiger partial charge < -0.3 is 9.47 Å². The fourth-order valence-electron chi connectivity index (χ4n) is 3.62. The van der Waals surface area contributed by atoms with E-state index in [0.29, 0.717) is 5.92 Å². The summed E-state index contributed by atoms with van der Waals surface area (Å²) in [4.78, 5) is 9.16. The highest BCUT2D eigenvalue weighted by molar-refractivity contribution is 6.01. The molecule has 3 rings (SSSR count). The average molecular weight is 368 g/mol. The molecule has 0 spiro atoms. The van der Waals surface area contributed by atoms with Gasteiger partial charge in [0, 0.05) is 57.2 Å². The third kappa shape index (κ3) is 4.80. The Morgan fingerprint density at radius 3 is 2.56 bits per heavy atom. The van der Waals surface area contributed by atoms with Gasteiger partial charge in [0.2, 0.25) is 0 Å². The highest BCUT2D eigenvalue weighted by atomic mass is 15.3. The second-order valence-electron chi connectivity index (χ2n) is 7.70. The first-order chi connectivity index (χ1) is 13.0. The fourth-order valence-corrected chi connectivity index (χ4v) is 3.62. The monoisotopic (exact) mass is 367 g/mol. The summed E-state index contributed by atoms with van der Waals surface area (Å²) in [5.74, 6) is 0.608. The molecule has 0 aliphatic carbocycles. The number of anilines is 1. The van der Waals surface area contributed by atoms with E-state index >= 15 is 0 Å². The maximum atomic E-state index is 8.04. The topological polar surface area (TPSA) is 84.4 Å². The molecule has 1 fully saturated rings. The molecule has 2 aromatic rings. The van der Waals surface area contributed by atoms with E-state index in [2.05, 4.69) is 52.1 Å². The zero-order valence-electron chi connectivity index (χ0n) is 16.4. The van der Waals surface area contributed by atoms with Crippen LogP contribution in [0.3, 0.4) is 0 Å². The number of imidazole rings is 1. The van der Waals surface area contributed by atoms with E-state index < -0.39 is 0 Å². The molecule has 27 heavy (non-hydrogen) atoms. The van der Waals surface area contributed by atoms with Crippen LogP contribution >= 0.6 is 0 Å². The third-order valence-electron chi connectivity index (χ3n) is 4.93. The molecule has 0 unspecified atom stereocenters. The van der Waals surface area contributed by atoms with E-state index in [1.165, 1.54) is 5.56 Å². The largest absolute Gasteiger partial charge is 0.368 e. The molecule has 1 aliphatic heterocycles. The summed E-state index contributed by atoms with van der Waals surface area (Å²) in [6, 6.07) is 6.20. The standard InChI is InChI=1S/C20H29N7/c1-15(2)10-16-4-5-18(20(21)24-22)19(11-16)27-8-6-26(7-9-27)13-17-12-25(3)14-23-17/h4-5,11-12,14-15,21-22H,6-10,13H2,1-3H3. The normalized spacial score (nSPS) is 15.3. The summed E-state index contributed by atoms with van der Waals surface area (Å²) < 4.78 is 1.98. The van der Waals surface area contributed by atoms with Gasteiger partial charge in [-0.05, 0) is 30.0 Å². The molecule has 7 nitrogen and oxygen atoms in total. The van der Waals surface area contributed by atoms with Crippen molar-refractivity contribution in [1.82, 2.24) is 14.5 Å². The summed E-state index contributed by atoms with van der Waals surface area (Å²) in [7, 11) is 1.99. The van der Waals surface area contributed by atoms with E-state index in [0.717, 1.165) is 56.1 Å². The highest BCUT2D eigenvalue weighted by Crippen LogP contribution is 2.26. The number of benzene rings is 1. The summed E-state index contributed by atoms with van der Waals surface area (Å²) in [6.45, 7) is 9.00. The molecule has 1 aromatic carbocycles. The summed E-state index contributed by atoms with van der Waals surface area (Å²) in [5.41, 5.74) is 11.4. The lowest BCUT2D eigenvalue weighted by molar-refractivity contribution is 0.247. The zero-order chi connectivity index (χ0) is 19.4. The van der Waals surface area contributed by atoms with Crippen molar-refractivity contribution < 1.29 is 0 Å². The smallest absolute Gasteiger partial charge is 0.175 e. The molecular formula is C20H29N7. The molecule has 1 aromatic heterocycles. The van der Waals surface area contributed by atoms with Crippen molar-refractivity contribution in [2.75, 3.05) is 31.1 Å². The van der Waals surface area contributed by atoms with E-state index in [1.807, 2.05) is 24.0 Å². The van der Waals surface area contributed by atoms with Crippen molar-refractivity contribution in [3.05, 3.63) is 47.5 Å². The third-order valence-corrected chi connectivity index (χ3v) is 4.93. The maximum absolute atomic E-state index is 8.04. The predicted octanol–water partition coefficient (Wildman–Crippen LogP) is 3.30. The van der Waals surface area contributed by atoms with Crippen molar-refractivity contribution in [3.63, 3.8) is 0 Å². The van der Waals surface area contributed by atoms with Crippen molar-refractivity contribution in [2.45, 2.75) is 26.8 Å². The quantitative estimate of drug-likeness (QED) is 0.467. The lowest BCUT2D eigenvalue weighted by atomic mass is 9.99. The molecule has 144 valence electrons. The first kappa shape index (κ1) is 19.2. The van der Waals surface area contributed by atoms with Crippen LogP contribution in [-0.4, -0.2) is 46.5 Å². The molecule has 0 amide bonds. The minimum atomic E-state index is 0.0250. The van der Waals surface area contributed by atoms with E-state index in [4.69, 9.17) is 10.9 Å². The molecular weight excluding hydrogens is 338 g/mol. The molecule has 2 heterocycles. The molecule has 1 saturated heterocycles. The van der Waals surface area contributed by atoms with Gasteiger partial charge in [0.05, 0.1) is 12.0 Å². The Morgan fingerprint density at radius 1 is 1.22 bits per heavy atom. The molecule has 1 aliphatic rings. The minimum absolute atomic E-state index is 0.0250. The van der Waals surface area contributed by atoms with Gasteiger partial charge in [0.25, 0.3) is 0 Å². The van der Waals surface area contributed by atoms with Gasteiger partial charge in [-0.1, -0.05) is 19.9 Å². The zero-order valence-corrected chi connectivity index (χ0v) is 16.4. The van der Waals surface area contributed by atoms with Gasteiger partial charge in [-0.3, -0.25) is 10.3 Å². The van der Waals surface area contributed by atoms with Crippen molar-refractivity contribution >= 4 is 11.5 Å². The van der Waals surface area contributed by atoms with Crippen LogP contribution in [0.15, 0.2) is 35.8 Å². The minimum Gasteiger partial charge on any atom is -0.368 e. The van der Waals surface area contributed by atoms with Gasteiger partial charge in [0.1, 0.15) is 0 Å². The van der Waals surface area contributed by atoms with E-state index in [9.17, 15) is 0 Å². The SMILES string of the molecule is CC(C)Cc1ccc(C(=N)N=N)c(N2CCN(Cc3cn(C)cn3)CC2)c1. The molecule has 2 N–H and O–H groups in total. The van der Waals surface area contributed by atoms with Crippen LogP contribution in [0, 0.1) is 16.9 Å². The van der Waals surface area contributed by atoms with Gasteiger partial charge in [-0.2, -0.15) is 0 Å². The number of hydrogen-bond acceptors (Lipinski definition) is 5. The summed E-state index contributed by atoms with van der Waals surface area (Å²) >= 11 is 0. The Labute approximate surface area is 161 Å². The number of hydrogen-bond donors (Lipinski definition) is 2. The van der Waals surface area contributed by atoms with Crippen molar-refractivity contribution in [3.8, 4) is 0 Å². The number of amidine groups is 1. The Kier molecular flexibility index (Phi) is 6.01. The summed E-state index contributed by atoms with van der Waals surface area (Å²) in [6.07, 6.45) is 4.92. The second kappa shape index (κ2) is 8.43. The number of rotatable bonds is 6. The molecule has 0 saturated carbocycles. The number of nitrogens with one attached hydrogen (secondary N) is 2. The van der Waals surface area contributed by atoms with Gasteiger partial charge in [-0.15, -0.1) is 5.11 Å². The van der Waals surface area contributed by atoms with Gasteiger partial charge in [0.15, 0.2) is 5.84 Å². The summed E-state index contributed by atoms with van der Waals surface area (Å²) in [5, 5.41) is 11.4. The Balaban J connectivity index is 1.73. The van der Waals surface area contributed by atoms with E-state index in [1.54, 1.807) is 0 Å². The lowest BCUT2D eigenvalue weighted by Gasteiger charge is -2.36. The first-order valence-corrected chi connectivity index (χ1v) is 9.49. The lowest BCUT2D eigenvalue weighted by Crippen LogP contribution is -2.46. The maximum Gasteiger partial charge on any atom is 0.175 e. The van der Waals surface area contributed by atoms with Crippen molar-refractivity contribution in [2.24, 2.45) is 18.1 Å². The van der Waals surface area contributed by atoms with Gasteiger partial charge in [-0.25, -0.2) is 10.5 Å². The van der Waals surface area contributed by atoms with E-state index in [-0.39, 0.29) is 5.84 Å². The Bertz CT molecular complexity index is 800. The number of aromatic nitrogens is 2. The van der Waals surface area contributed by atoms with Crippen molar-refractivity contribution in [1.29, 1.82) is 10.9 Å². The number of nitrogens with zero attached hydrogens (tertiary/aromatic N) is 5. The molecule has 0 bridgehead atoms. The fraction of sp³-hybridized carbons (Fsp3) is 0.500. The molecule has 0 atom stereocenters. The van der Waals surface area contributed by atoms with Crippen LogP contribution in [-0.2, 0) is 20.0 Å². The van der Waals surface area contributed by atoms with Crippen LogP contribution in [0.1, 0.15) is 30.7 Å². The van der Waals surface area contributed by atoms with Crippen LogP contribution in [0.25, 0.3) is 0 Å². The predicted molar refractivity (Wildman–Crippen MR) is 108 cm³/mol. The van der Waals surface area contributed by atoms with Crippen LogP contribution < -0.4 is 4.90 Å². The molecule has 0 radical (unpaired) electrons. The first-order valence-electron chi connectivity index (χ1n) is 9.49. The second-order valence-corrected chi connectivity index (χ2v) is 7.70. The molecule has 7 heteroatoms. The Hall–Kier alpha value is -2.54. The number of aryl methyl sites for hydroxylation is 1. The average Bonchev–Trinajstić information content (AvgIpc) is 3.06. The van der Waals surface area contributed by atoms with Crippen LogP contribution in [0.4, 0.5) is 5.69 Å². The van der Waals surface area contributed by atoms with Gasteiger partial charge >= 0.3 is 0 Å². The van der Waals surface area contributed by atoms with Crippen LogP contribution in [0.2, 0.25) is 0 Å². The number of piperazine rings is 1.